The minimum Gasteiger partial charge on any atom is -0.350 e. The van der Waals surface area contributed by atoms with Gasteiger partial charge < -0.3 is 10.6 Å². The lowest BCUT2D eigenvalue weighted by Crippen LogP contribution is -2.38. The normalized spacial score (nSPS) is 29.7. The highest BCUT2D eigenvalue weighted by Crippen LogP contribution is 2.15. The second kappa shape index (κ2) is 4.42. The Kier molecular flexibility index (Phi) is 3.48. The van der Waals surface area contributed by atoms with E-state index in [0.717, 1.165) is 13.1 Å². The van der Waals surface area contributed by atoms with Crippen LogP contribution in [-0.2, 0) is 4.79 Å². The van der Waals surface area contributed by atoms with Crippen molar-refractivity contribution in [1.29, 1.82) is 0 Å². The van der Waals surface area contributed by atoms with Crippen molar-refractivity contribution >= 4 is 5.91 Å². The van der Waals surface area contributed by atoms with Crippen LogP contribution in [0.2, 0.25) is 0 Å². The van der Waals surface area contributed by atoms with Crippen molar-refractivity contribution in [3.63, 3.8) is 0 Å². The monoisotopic (exact) mass is 182 g/mol. The first-order valence-electron chi connectivity index (χ1n) is 4.78. The second-order valence-corrected chi connectivity index (χ2v) is 3.77. The van der Waals surface area contributed by atoms with E-state index in [0.29, 0.717) is 5.92 Å². The van der Waals surface area contributed by atoms with Crippen molar-refractivity contribution in [1.82, 2.24) is 10.6 Å². The summed E-state index contributed by atoms with van der Waals surface area (Å²) in [6.45, 7) is 9.40. The fraction of sp³-hybridized carbons (Fsp3) is 0.700. The highest BCUT2D eigenvalue weighted by Gasteiger charge is 2.29. The zero-order valence-corrected chi connectivity index (χ0v) is 8.34. The van der Waals surface area contributed by atoms with E-state index < -0.39 is 0 Å². The van der Waals surface area contributed by atoms with Crippen LogP contribution in [-0.4, -0.2) is 25.0 Å². The van der Waals surface area contributed by atoms with Gasteiger partial charge in [0.05, 0.1) is 5.92 Å². The van der Waals surface area contributed by atoms with Gasteiger partial charge in [0.25, 0.3) is 0 Å². The molecule has 74 valence electrons. The van der Waals surface area contributed by atoms with Crippen LogP contribution in [0.25, 0.3) is 0 Å². The molecule has 0 aromatic carbocycles. The topological polar surface area (TPSA) is 41.1 Å². The highest BCUT2D eigenvalue weighted by molar-refractivity contribution is 5.80. The Morgan fingerprint density at radius 3 is 2.85 bits per heavy atom. The number of hydrogen-bond donors (Lipinski definition) is 2. The standard InChI is InChI=1S/C10H18N2O/c1-4-8(3)12-10(13)9-6-11-5-7(9)2/h4,7-9,11H,1,5-6H2,2-3H3,(H,12,13). The predicted octanol–water partition coefficient (Wildman–Crippen LogP) is 0.533. The number of carbonyl (C=O) groups excluding carboxylic acids is 1. The van der Waals surface area contributed by atoms with Gasteiger partial charge in [-0.15, -0.1) is 6.58 Å². The lowest BCUT2D eigenvalue weighted by Gasteiger charge is -2.16. The van der Waals surface area contributed by atoms with Gasteiger partial charge in [-0.2, -0.15) is 0 Å². The predicted molar refractivity (Wildman–Crippen MR) is 53.3 cm³/mol. The van der Waals surface area contributed by atoms with Gasteiger partial charge in [-0.25, -0.2) is 0 Å². The SMILES string of the molecule is C=CC(C)NC(=O)C1CNCC1C. The lowest BCUT2D eigenvalue weighted by atomic mass is 9.97. The van der Waals surface area contributed by atoms with Crippen LogP contribution in [0.4, 0.5) is 0 Å². The number of rotatable bonds is 3. The summed E-state index contributed by atoms with van der Waals surface area (Å²) in [5, 5.41) is 6.11. The average molecular weight is 182 g/mol. The average Bonchev–Trinajstić information content (AvgIpc) is 2.51. The van der Waals surface area contributed by atoms with Crippen molar-refractivity contribution in [3.8, 4) is 0 Å². The Morgan fingerprint density at radius 2 is 2.38 bits per heavy atom. The Morgan fingerprint density at radius 1 is 1.69 bits per heavy atom. The first-order valence-corrected chi connectivity index (χ1v) is 4.78. The first-order chi connectivity index (χ1) is 6.15. The summed E-state index contributed by atoms with van der Waals surface area (Å²) >= 11 is 0. The van der Waals surface area contributed by atoms with Gasteiger partial charge in [0.2, 0.25) is 5.91 Å². The van der Waals surface area contributed by atoms with Crippen molar-refractivity contribution in [2.24, 2.45) is 11.8 Å². The fourth-order valence-corrected chi connectivity index (χ4v) is 1.55. The van der Waals surface area contributed by atoms with Gasteiger partial charge in [-0.1, -0.05) is 13.0 Å². The molecule has 1 amide bonds. The molecule has 0 saturated carbocycles. The summed E-state index contributed by atoms with van der Waals surface area (Å²) in [4.78, 5) is 11.6. The van der Waals surface area contributed by atoms with Crippen molar-refractivity contribution in [2.75, 3.05) is 13.1 Å². The van der Waals surface area contributed by atoms with Crippen molar-refractivity contribution < 1.29 is 4.79 Å². The van der Waals surface area contributed by atoms with Gasteiger partial charge in [-0.05, 0) is 19.4 Å². The number of carbonyl (C=O) groups is 1. The third-order valence-electron chi connectivity index (χ3n) is 2.58. The van der Waals surface area contributed by atoms with E-state index in [1.54, 1.807) is 6.08 Å². The van der Waals surface area contributed by atoms with E-state index in [-0.39, 0.29) is 17.9 Å². The number of hydrogen-bond acceptors (Lipinski definition) is 2. The molecule has 1 rings (SSSR count). The molecule has 1 saturated heterocycles. The van der Waals surface area contributed by atoms with Gasteiger partial charge in [-0.3, -0.25) is 4.79 Å². The largest absolute Gasteiger partial charge is 0.350 e. The minimum absolute atomic E-state index is 0.0697. The van der Waals surface area contributed by atoms with Gasteiger partial charge >= 0.3 is 0 Å². The first kappa shape index (κ1) is 10.3. The molecule has 3 heteroatoms. The summed E-state index contributed by atoms with van der Waals surface area (Å²) in [6, 6.07) is 0.0697. The second-order valence-electron chi connectivity index (χ2n) is 3.77. The fourth-order valence-electron chi connectivity index (χ4n) is 1.55. The molecule has 0 bridgehead atoms. The molecule has 0 spiro atoms. The van der Waals surface area contributed by atoms with Crippen LogP contribution in [0.3, 0.4) is 0 Å². The molecule has 0 aliphatic carbocycles. The summed E-state index contributed by atoms with van der Waals surface area (Å²) in [5.74, 6) is 0.712. The Balaban J connectivity index is 2.42. The Labute approximate surface area is 79.6 Å². The van der Waals surface area contributed by atoms with E-state index >= 15 is 0 Å². The zero-order valence-electron chi connectivity index (χ0n) is 8.34. The van der Waals surface area contributed by atoms with Crippen molar-refractivity contribution in [2.45, 2.75) is 19.9 Å². The van der Waals surface area contributed by atoms with E-state index in [4.69, 9.17) is 0 Å². The molecule has 3 atom stereocenters. The van der Waals surface area contributed by atoms with E-state index in [1.807, 2.05) is 6.92 Å². The van der Waals surface area contributed by atoms with Gasteiger partial charge in [0, 0.05) is 12.6 Å². The third kappa shape index (κ3) is 2.56. The highest BCUT2D eigenvalue weighted by atomic mass is 16.2. The zero-order chi connectivity index (χ0) is 9.84. The molecular weight excluding hydrogens is 164 g/mol. The number of nitrogens with one attached hydrogen (secondary N) is 2. The molecule has 1 aliphatic rings. The molecule has 13 heavy (non-hydrogen) atoms. The molecule has 0 aromatic heterocycles. The van der Waals surface area contributed by atoms with E-state index in [9.17, 15) is 4.79 Å². The maximum Gasteiger partial charge on any atom is 0.225 e. The maximum atomic E-state index is 11.6. The van der Waals surface area contributed by atoms with Crippen molar-refractivity contribution in [3.05, 3.63) is 12.7 Å². The minimum atomic E-state index is 0.0697. The van der Waals surface area contributed by atoms with Crippen LogP contribution < -0.4 is 10.6 Å². The molecule has 3 unspecified atom stereocenters. The third-order valence-corrected chi connectivity index (χ3v) is 2.58. The van der Waals surface area contributed by atoms with Crippen LogP contribution in [0.5, 0.6) is 0 Å². The van der Waals surface area contributed by atoms with Crippen LogP contribution in [0.15, 0.2) is 12.7 Å². The summed E-state index contributed by atoms with van der Waals surface area (Å²) in [5.41, 5.74) is 0. The summed E-state index contributed by atoms with van der Waals surface area (Å²) in [7, 11) is 0. The Bertz CT molecular complexity index is 203. The molecule has 2 N–H and O–H groups in total. The van der Waals surface area contributed by atoms with Crippen LogP contribution in [0.1, 0.15) is 13.8 Å². The smallest absolute Gasteiger partial charge is 0.225 e. The molecule has 0 aromatic rings. The van der Waals surface area contributed by atoms with E-state index in [1.165, 1.54) is 0 Å². The lowest BCUT2D eigenvalue weighted by molar-refractivity contribution is -0.125. The summed E-state index contributed by atoms with van der Waals surface area (Å²) in [6.07, 6.45) is 1.74. The molecule has 1 fully saturated rings. The van der Waals surface area contributed by atoms with Gasteiger partial charge in [0.15, 0.2) is 0 Å². The molecule has 1 heterocycles. The molecule has 1 aliphatic heterocycles. The van der Waals surface area contributed by atoms with Crippen LogP contribution >= 0.6 is 0 Å². The number of amides is 1. The molecular formula is C10H18N2O. The quantitative estimate of drug-likeness (QED) is 0.625. The van der Waals surface area contributed by atoms with Gasteiger partial charge in [0.1, 0.15) is 0 Å². The molecule has 3 nitrogen and oxygen atoms in total. The van der Waals surface area contributed by atoms with Crippen LogP contribution in [0, 0.1) is 11.8 Å². The Hall–Kier alpha value is -0.830. The van der Waals surface area contributed by atoms with E-state index in [2.05, 4.69) is 24.1 Å². The summed E-state index contributed by atoms with van der Waals surface area (Å²) < 4.78 is 0. The maximum absolute atomic E-state index is 11.6. The molecule has 0 radical (unpaired) electrons.